The summed E-state index contributed by atoms with van der Waals surface area (Å²) in [5, 5.41) is 12.2. The summed E-state index contributed by atoms with van der Waals surface area (Å²) in [6.45, 7) is -4.14. The topological polar surface area (TPSA) is 153 Å². The minimum absolute atomic E-state index is 0.0499. The van der Waals surface area contributed by atoms with Crippen LogP contribution in [0.1, 0.15) is 56.5 Å². The summed E-state index contributed by atoms with van der Waals surface area (Å²) in [5.74, 6) is -5.11. The Labute approximate surface area is 255 Å². The van der Waals surface area contributed by atoms with Crippen LogP contribution in [0.25, 0.3) is 21.9 Å². The number of furan rings is 1. The molecule has 2 aromatic heterocycles. The molecule has 0 amide bonds. The first-order chi connectivity index (χ1) is 23.1. The van der Waals surface area contributed by atoms with Crippen LogP contribution in [-0.4, -0.2) is 64.6 Å². The zero-order valence-electron chi connectivity index (χ0n) is 27.1. The van der Waals surface area contributed by atoms with Crippen molar-refractivity contribution in [2.75, 3.05) is 6.61 Å². The largest absolute Gasteiger partial charge is 0.464 e. The lowest BCUT2D eigenvalue weighted by Crippen LogP contribution is -2.60. The first-order valence-corrected chi connectivity index (χ1v) is 13.1. The molecule has 1 N–H and O–H groups in total. The number of halogens is 1. The van der Waals surface area contributed by atoms with E-state index in [2.05, 4.69) is 0 Å². The van der Waals surface area contributed by atoms with Crippen LogP contribution >= 0.6 is 0 Å². The molecule has 6 atom stereocenters. The molecule has 1 saturated heterocycles. The highest BCUT2D eigenvalue weighted by molar-refractivity contribution is 5.86. The Balaban J connectivity index is 1.68. The van der Waals surface area contributed by atoms with Gasteiger partial charge in [0.25, 0.3) is 0 Å². The Morgan fingerprint density at radius 2 is 1.66 bits per heavy atom. The van der Waals surface area contributed by atoms with Gasteiger partial charge in [-0.2, -0.15) is 0 Å². The van der Waals surface area contributed by atoms with E-state index in [-0.39, 0.29) is 16.5 Å². The van der Waals surface area contributed by atoms with Crippen molar-refractivity contribution in [1.29, 1.82) is 0 Å². The number of aliphatic hydroxyl groups is 1. The smallest absolute Gasteiger partial charge is 0.303 e. The highest BCUT2D eigenvalue weighted by Gasteiger charge is 2.53. The summed E-state index contributed by atoms with van der Waals surface area (Å²) in [5.41, 5.74) is 1.09. The van der Waals surface area contributed by atoms with E-state index < -0.39 is 101 Å². The van der Waals surface area contributed by atoms with Crippen molar-refractivity contribution in [3.05, 3.63) is 71.9 Å². The van der Waals surface area contributed by atoms with Gasteiger partial charge in [0, 0.05) is 55.6 Å². The molecule has 12 nitrogen and oxygen atoms in total. The molecule has 232 valence electrons. The van der Waals surface area contributed by atoms with Crippen molar-refractivity contribution in [2.45, 2.75) is 64.3 Å². The van der Waals surface area contributed by atoms with Crippen molar-refractivity contribution >= 4 is 45.7 Å². The summed E-state index contributed by atoms with van der Waals surface area (Å²) in [4.78, 5) is 49.4. The standard InChI is InChI=1S/C31H30FNO11/c1-15(34)40-14-25-28(41-16(2)35)29(42-17(3)36)30(43-18(4)37)31(44-25)33-13-21(26-22(32)6-5-7-23(26)33)27(38)20-8-9-24-19(12-20)10-11-39-24/h5-13,25,27-31,38H,14H2,1-4H3/t25-,27?,28-,29+,30-,31?/m1/s1/i1D,2D,3D,4D. The number of benzene rings is 2. The lowest BCUT2D eigenvalue weighted by Gasteiger charge is -2.44. The van der Waals surface area contributed by atoms with Crippen LogP contribution in [0, 0.1) is 5.82 Å². The second-order valence-electron chi connectivity index (χ2n) is 9.86. The normalized spacial score (nSPS) is 23.5. The molecule has 44 heavy (non-hydrogen) atoms. The lowest BCUT2D eigenvalue weighted by molar-refractivity contribution is -0.267. The third-order valence-corrected chi connectivity index (χ3v) is 7.02. The van der Waals surface area contributed by atoms with Gasteiger partial charge in [-0.15, -0.1) is 0 Å². The van der Waals surface area contributed by atoms with E-state index in [1.54, 1.807) is 24.3 Å². The Kier molecular flexibility index (Phi) is 7.29. The number of carbonyl (C=O) groups excluding carboxylic acids is 4. The average molecular weight is 616 g/mol. The van der Waals surface area contributed by atoms with Crippen LogP contribution in [-0.2, 0) is 42.9 Å². The van der Waals surface area contributed by atoms with Gasteiger partial charge >= 0.3 is 23.9 Å². The molecule has 1 aliphatic rings. The number of fused-ring (bicyclic) bond motifs is 2. The average Bonchev–Trinajstić information content (AvgIpc) is 3.73. The van der Waals surface area contributed by atoms with Crippen molar-refractivity contribution in [2.24, 2.45) is 0 Å². The zero-order chi connectivity index (χ0) is 34.5. The maximum absolute atomic E-state index is 15.6. The second-order valence-corrected chi connectivity index (χ2v) is 9.86. The summed E-state index contributed by atoms with van der Waals surface area (Å²) >= 11 is 0. The van der Waals surface area contributed by atoms with Crippen LogP contribution in [0.4, 0.5) is 4.39 Å². The fourth-order valence-corrected chi connectivity index (χ4v) is 5.34. The molecule has 1 aliphatic heterocycles. The second kappa shape index (κ2) is 12.5. The van der Waals surface area contributed by atoms with E-state index in [4.69, 9.17) is 33.6 Å². The number of aromatic nitrogens is 1. The fourth-order valence-electron chi connectivity index (χ4n) is 5.34. The molecule has 2 aromatic carbocycles. The van der Waals surface area contributed by atoms with Gasteiger partial charge in [0.15, 0.2) is 24.5 Å². The number of rotatable bonds is 8. The first kappa shape index (κ1) is 25.7. The van der Waals surface area contributed by atoms with Crippen molar-refractivity contribution in [3.8, 4) is 0 Å². The van der Waals surface area contributed by atoms with E-state index in [1.165, 1.54) is 35.2 Å². The molecule has 0 bridgehead atoms. The number of hydrogen-bond acceptors (Lipinski definition) is 11. The molecule has 13 heteroatoms. The number of hydrogen-bond donors (Lipinski definition) is 1. The Morgan fingerprint density at radius 3 is 2.39 bits per heavy atom. The predicted octanol–water partition coefficient (Wildman–Crippen LogP) is 3.86. The van der Waals surface area contributed by atoms with Gasteiger partial charge in [-0.1, -0.05) is 12.1 Å². The summed E-state index contributed by atoms with van der Waals surface area (Å²) < 4.78 is 79.6. The summed E-state index contributed by atoms with van der Waals surface area (Å²) in [6.07, 6.45) is -6.83. The molecule has 4 aromatic rings. The fraction of sp³-hybridized carbons (Fsp3) is 0.355. The van der Waals surface area contributed by atoms with Gasteiger partial charge in [-0.25, -0.2) is 4.39 Å². The Hall–Kier alpha value is -4.75. The van der Waals surface area contributed by atoms with Crippen LogP contribution in [0.3, 0.4) is 0 Å². The van der Waals surface area contributed by atoms with Gasteiger partial charge in [0.05, 0.1) is 11.8 Å². The SMILES string of the molecule is [2H]CC(=O)OC[C@H]1OC(n2cc(C(O)c3ccc4occc4c3)c3c(F)cccc32)[C@H](OC(=O)C[2H])[C@@H](OC(=O)C[2H])[C@@H]1OC(=O)C[2H]. The number of ether oxygens (including phenoxy) is 5. The third-order valence-electron chi connectivity index (χ3n) is 7.02. The number of carbonyl (C=O) groups is 4. The zero-order valence-corrected chi connectivity index (χ0v) is 23.1. The molecule has 0 radical (unpaired) electrons. The molecular weight excluding hydrogens is 581 g/mol. The minimum Gasteiger partial charge on any atom is -0.464 e. The molecule has 0 aliphatic carbocycles. The number of aliphatic hydroxyl groups excluding tert-OH is 1. The van der Waals surface area contributed by atoms with E-state index in [0.29, 0.717) is 16.5 Å². The number of nitrogens with zero attached hydrogens (tertiary/aromatic N) is 1. The first-order valence-electron chi connectivity index (χ1n) is 15.9. The predicted molar refractivity (Wildman–Crippen MR) is 149 cm³/mol. The monoisotopic (exact) mass is 615 g/mol. The van der Waals surface area contributed by atoms with Crippen LogP contribution in [0.15, 0.2) is 59.3 Å². The summed E-state index contributed by atoms with van der Waals surface area (Å²) in [7, 11) is 0. The van der Waals surface area contributed by atoms with E-state index in [1.807, 2.05) is 0 Å². The third kappa shape index (κ3) is 6.15. The Morgan fingerprint density at radius 1 is 0.955 bits per heavy atom. The van der Waals surface area contributed by atoms with E-state index >= 15 is 4.39 Å². The maximum atomic E-state index is 15.6. The van der Waals surface area contributed by atoms with Gasteiger partial charge in [-0.05, 0) is 35.9 Å². The lowest BCUT2D eigenvalue weighted by atomic mass is 9.97. The van der Waals surface area contributed by atoms with Gasteiger partial charge in [0.2, 0.25) is 0 Å². The minimum atomic E-state index is -1.75. The molecular formula is C31H30FNO11. The van der Waals surface area contributed by atoms with E-state index in [0.717, 1.165) is 0 Å². The number of esters is 4. The molecule has 1 fully saturated rings. The van der Waals surface area contributed by atoms with Gasteiger partial charge in [-0.3, -0.25) is 19.2 Å². The Bertz CT molecular complexity index is 1810. The molecule has 0 spiro atoms. The highest BCUT2D eigenvalue weighted by atomic mass is 19.1. The van der Waals surface area contributed by atoms with Crippen molar-refractivity contribution in [1.82, 2.24) is 4.57 Å². The van der Waals surface area contributed by atoms with E-state index in [9.17, 15) is 24.3 Å². The molecule has 5 rings (SSSR count). The van der Waals surface area contributed by atoms with Crippen LogP contribution in [0.5, 0.6) is 0 Å². The molecule has 2 unspecified atom stereocenters. The van der Waals surface area contributed by atoms with Gasteiger partial charge < -0.3 is 37.8 Å². The van der Waals surface area contributed by atoms with Crippen LogP contribution in [0.2, 0.25) is 0 Å². The quantitative estimate of drug-likeness (QED) is 0.227. The highest BCUT2D eigenvalue weighted by Crippen LogP contribution is 2.40. The van der Waals surface area contributed by atoms with Crippen molar-refractivity contribution < 1.29 is 62.3 Å². The maximum Gasteiger partial charge on any atom is 0.303 e. The molecule has 0 saturated carbocycles. The summed E-state index contributed by atoms with van der Waals surface area (Å²) in [6, 6.07) is 10.6. The van der Waals surface area contributed by atoms with Crippen LogP contribution < -0.4 is 0 Å². The van der Waals surface area contributed by atoms with Crippen molar-refractivity contribution in [3.63, 3.8) is 0 Å². The van der Waals surface area contributed by atoms with Gasteiger partial charge in [0.1, 0.15) is 30.2 Å². The molecule has 3 heterocycles.